The van der Waals surface area contributed by atoms with Crippen LogP contribution in [-0.4, -0.2) is 46.9 Å². The average Bonchev–Trinajstić information content (AvgIpc) is 3.22. The van der Waals surface area contributed by atoms with E-state index in [1.54, 1.807) is 0 Å². The number of unbranched alkanes of at least 4 members (excludes halogenated alkanes) is 20. The van der Waals surface area contributed by atoms with Gasteiger partial charge in [-0.2, -0.15) is 0 Å². The molecular weight excluding hydrogens is 719 g/mol. The van der Waals surface area contributed by atoms with Crippen LogP contribution >= 0.6 is 0 Å². The molecule has 3 unspecified atom stereocenters. The number of carbonyl (C=O) groups is 2. The highest BCUT2D eigenvalue weighted by Crippen LogP contribution is 2.16. The molecule has 0 aromatic heterocycles. The first kappa shape index (κ1) is 55.3. The van der Waals surface area contributed by atoms with Gasteiger partial charge in [0.25, 0.3) is 0 Å². The SMILES string of the molecule is CC/C=C/C/C=C/C/C=C/CCCCC(CC(=O)NC(CO)C(O)CCCCCCCCCCC)OC(=O)CCCCCCC/C=C/C=C/C=C/CCCCCCC. The molecule has 58 heavy (non-hydrogen) atoms. The zero-order valence-electron chi connectivity index (χ0n) is 37.9. The van der Waals surface area contributed by atoms with E-state index in [4.69, 9.17) is 4.74 Å². The van der Waals surface area contributed by atoms with Crippen molar-refractivity contribution in [1.82, 2.24) is 5.32 Å². The molecule has 0 aliphatic rings. The van der Waals surface area contributed by atoms with Crippen LogP contribution in [0.5, 0.6) is 0 Å². The summed E-state index contributed by atoms with van der Waals surface area (Å²) in [6, 6.07) is -0.719. The molecular formula is C52H91NO5. The number of nitrogens with one attached hydrogen (secondary N) is 1. The van der Waals surface area contributed by atoms with E-state index >= 15 is 0 Å². The van der Waals surface area contributed by atoms with E-state index in [9.17, 15) is 19.8 Å². The van der Waals surface area contributed by atoms with E-state index in [0.29, 0.717) is 19.3 Å². The topological polar surface area (TPSA) is 95.9 Å². The average molecular weight is 810 g/mol. The van der Waals surface area contributed by atoms with Gasteiger partial charge in [0.15, 0.2) is 0 Å². The lowest BCUT2D eigenvalue weighted by Crippen LogP contribution is -2.46. The predicted octanol–water partition coefficient (Wildman–Crippen LogP) is 14.2. The van der Waals surface area contributed by atoms with Gasteiger partial charge in [0.1, 0.15) is 6.10 Å². The largest absolute Gasteiger partial charge is 0.462 e. The zero-order valence-corrected chi connectivity index (χ0v) is 37.9. The van der Waals surface area contributed by atoms with E-state index in [0.717, 1.165) is 96.3 Å². The van der Waals surface area contributed by atoms with Crippen molar-refractivity contribution >= 4 is 11.9 Å². The number of esters is 1. The maximum absolute atomic E-state index is 13.1. The van der Waals surface area contributed by atoms with Crippen molar-refractivity contribution in [3.05, 3.63) is 72.9 Å². The molecule has 0 aliphatic carbocycles. The zero-order chi connectivity index (χ0) is 42.4. The Morgan fingerprint density at radius 2 is 1.00 bits per heavy atom. The van der Waals surface area contributed by atoms with Crippen LogP contribution in [0, 0.1) is 0 Å². The summed E-state index contributed by atoms with van der Waals surface area (Å²) in [5, 5.41) is 23.6. The number of amides is 1. The van der Waals surface area contributed by atoms with E-state index in [2.05, 4.69) is 99.0 Å². The Labute approximate surface area is 358 Å². The van der Waals surface area contributed by atoms with Gasteiger partial charge in [-0.15, -0.1) is 0 Å². The minimum absolute atomic E-state index is 0.0399. The van der Waals surface area contributed by atoms with Crippen LogP contribution in [0.4, 0.5) is 0 Å². The fourth-order valence-electron chi connectivity index (χ4n) is 6.92. The van der Waals surface area contributed by atoms with Crippen LogP contribution in [0.1, 0.15) is 220 Å². The number of rotatable bonds is 42. The molecule has 0 aliphatic heterocycles. The van der Waals surface area contributed by atoms with Gasteiger partial charge in [-0.05, 0) is 83.5 Å². The number of hydrogen-bond donors (Lipinski definition) is 3. The molecule has 1 amide bonds. The minimum Gasteiger partial charge on any atom is -0.462 e. The first-order chi connectivity index (χ1) is 28.5. The fraction of sp³-hybridized carbons (Fsp3) is 0.731. The lowest BCUT2D eigenvalue weighted by Gasteiger charge is -2.24. The number of aliphatic hydroxyl groups is 2. The Hall–Kier alpha value is -2.70. The van der Waals surface area contributed by atoms with E-state index < -0.39 is 18.2 Å². The highest BCUT2D eigenvalue weighted by Gasteiger charge is 2.24. The first-order valence-corrected chi connectivity index (χ1v) is 24.2. The molecule has 0 spiro atoms. The molecule has 0 rings (SSSR count). The Balaban J connectivity index is 4.65. The summed E-state index contributed by atoms with van der Waals surface area (Å²) in [4.78, 5) is 26.0. The van der Waals surface area contributed by atoms with Gasteiger partial charge in [-0.1, -0.05) is 196 Å². The second-order valence-corrected chi connectivity index (χ2v) is 16.2. The van der Waals surface area contributed by atoms with Gasteiger partial charge in [0, 0.05) is 6.42 Å². The number of allylic oxidation sites excluding steroid dienone is 12. The molecule has 0 aromatic carbocycles. The minimum atomic E-state index is -0.802. The summed E-state index contributed by atoms with van der Waals surface area (Å²) in [5.74, 6) is -0.541. The van der Waals surface area contributed by atoms with Gasteiger partial charge < -0.3 is 20.3 Å². The molecule has 0 fully saturated rings. The Morgan fingerprint density at radius 3 is 1.57 bits per heavy atom. The smallest absolute Gasteiger partial charge is 0.306 e. The molecule has 0 heterocycles. The second-order valence-electron chi connectivity index (χ2n) is 16.2. The van der Waals surface area contributed by atoms with Gasteiger partial charge in [0.2, 0.25) is 5.91 Å². The standard InChI is InChI=1S/C52H91NO5/c1-4-7-10-13-16-19-21-23-24-25-26-27-28-30-33-36-39-42-45-52(57)58-48(43-40-37-34-32-29-22-20-17-14-11-8-5-2)46-51(56)53-49(47-54)50(55)44-41-38-35-31-18-15-12-9-6-3/h8,11,17,20-21,23-27,29,32,48-50,54-55H,4-7,9-10,12-16,18-19,22,28,30-31,33-47H2,1-3H3,(H,53,56)/b11-8+,20-17+,23-21+,25-24+,27-26+,32-29+. The van der Waals surface area contributed by atoms with Crippen LogP contribution < -0.4 is 5.32 Å². The van der Waals surface area contributed by atoms with Crippen molar-refractivity contribution in [2.24, 2.45) is 0 Å². The fourth-order valence-corrected chi connectivity index (χ4v) is 6.92. The van der Waals surface area contributed by atoms with Gasteiger partial charge >= 0.3 is 5.97 Å². The summed E-state index contributed by atoms with van der Waals surface area (Å²) in [6.45, 7) is 6.30. The van der Waals surface area contributed by atoms with Crippen molar-refractivity contribution in [1.29, 1.82) is 0 Å². The van der Waals surface area contributed by atoms with Gasteiger partial charge in [-0.3, -0.25) is 9.59 Å². The van der Waals surface area contributed by atoms with E-state index in [1.807, 2.05) is 0 Å². The Kier molecular flexibility index (Phi) is 43.3. The Morgan fingerprint density at radius 1 is 0.534 bits per heavy atom. The van der Waals surface area contributed by atoms with Crippen LogP contribution in [-0.2, 0) is 14.3 Å². The van der Waals surface area contributed by atoms with Crippen molar-refractivity contribution in [2.75, 3.05) is 6.61 Å². The molecule has 6 heteroatoms. The highest BCUT2D eigenvalue weighted by molar-refractivity contribution is 5.77. The maximum atomic E-state index is 13.1. The number of carbonyl (C=O) groups excluding carboxylic acids is 2. The number of aliphatic hydroxyl groups excluding tert-OH is 2. The first-order valence-electron chi connectivity index (χ1n) is 24.2. The molecule has 0 saturated carbocycles. The molecule has 0 bridgehead atoms. The summed E-state index contributed by atoms with van der Waals surface area (Å²) in [5.41, 5.74) is 0. The highest BCUT2D eigenvalue weighted by atomic mass is 16.5. The normalized spacial score (nSPS) is 13.9. The summed E-state index contributed by atoms with van der Waals surface area (Å²) < 4.78 is 5.89. The Bertz CT molecular complexity index is 1090. The van der Waals surface area contributed by atoms with Gasteiger partial charge in [0.05, 0.1) is 25.2 Å². The molecule has 6 nitrogen and oxygen atoms in total. The lowest BCUT2D eigenvalue weighted by molar-refractivity contribution is -0.151. The molecule has 0 radical (unpaired) electrons. The van der Waals surface area contributed by atoms with Crippen LogP contribution in [0.3, 0.4) is 0 Å². The van der Waals surface area contributed by atoms with E-state index in [-0.39, 0.29) is 24.9 Å². The van der Waals surface area contributed by atoms with Crippen molar-refractivity contribution in [2.45, 2.75) is 238 Å². The van der Waals surface area contributed by atoms with E-state index in [1.165, 1.54) is 77.0 Å². The maximum Gasteiger partial charge on any atom is 0.306 e. The lowest BCUT2D eigenvalue weighted by atomic mass is 10.0. The summed E-state index contributed by atoms with van der Waals surface area (Å²) in [7, 11) is 0. The van der Waals surface area contributed by atoms with Crippen molar-refractivity contribution in [3.8, 4) is 0 Å². The van der Waals surface area contributed by atoms with Gasteiger partial charge in [-0.25, -0.2) is 0 Å². The molecule has 334 valence electrons. The van der Waals surface area contributed by atoms with Crippen LogP contribution in [0.2, 0.25) is 0 Å². The third kappa shape index (κ3) is 40.1. The monoisotopic (exact) mass is 810 g/mol. The summed E-state index contributed by atoms with van der Waals surface area (Å²) in [6.07, 6.45) is 56.8. The number of ether oxygens (including phenoxy) is 1. The number of hydrogen-bond acceptors (Lipinski definition) is 5. The molecule has 0 aromatic rings. The van der Waals surface area contributed by atoms with Crippen LogP contribution in [0.15, 0.2) is 72.9 Å². The third-order valence-corrected chi connectivity index (χ3v) is 10.6. The van der Waals surface area contributed by atoms with Crippen molar-refractivity contribution < 1.29 is 24.5 Å². The molecule has 3 atom stereocenters. The van der Waals surface area contributed by atoms with Crippen LogP contribution in [0.25, 0.3) is 0 Å². The van der Waals surface area contributed by atoms with Crippen molar-refractivity contribution in [3.63, 3.8) is 0 Å². The molecule has 3 N–H and O–H groups in total. The predicted molar refractivity (Wildman–Crippen MR) is 250 cm³/mol. The second kappa shape index (κ2) is 45.4. The quantitative estimate of drug-likeness (QED) is 0.0247. The molecule has 0 saturated heterocycles. The summed E-state index contributed by atoms with van der Waals surface area (Å²) >= 11 is 0. The third-order valence-electron chi connectivity index (χ3n) is 10.6.